The van der Waals surface area contributed by atoms with Gasteiger partial charge in [0.25, 0.3) is 5.91 Å². The molecule has 9 heteroatoms. The van der Waals surface area contributed by atoms with Crippen molar-refractivity contribution in [3.63, 3.8) is 0 Å². The molecule has 1 aliphatic heterocycles. The number of hydrogen-bond donors (Lipinski definition) is 1. The van der Waals surface area contributed by atoms with E-state index >= 15 is 0 Å². The second kappa shape index (κ2) is 5.95. The van der Waals surface area contributed by atoms with Crippen LogP contribution >= 0.6 is 11.5 Å². The van der Waals surface area contributed by atoms with Gasteiger partial charge in [-0.2, -0.15) is 17.5 Å². The minimum Gasteiger partial charge on any atom is -0.357 e. The average molecular weight is 343 g/mol. The summed E-state index contributed by atoms with van der Waals surface area (Å²) in [4.78, 5) is 17.9. The lowest BCUT2D eigenvalue weighted by molar-refractivity contribution is -0.136. The van der Waals surface area contributed by atoms with E-state index in [4.69, 9.17) is 0 Å². The number of rotatable bonds is 2. The number of carbonyl (C=O) groups excluding carboxylic acids is 1. The average Bonchev–Trinajstić information content (AvgIpc) is 2.97. The molecule has 1 amide bonds. The van der Waals surface area contributed by atoms with Gasteiger partial charge in [-0.15, -0.1) is 0 Å². The van der Waals surface area contributed by atoms with Crippen molar-refractivity contribution in [2.45, 2.75) is 19.0 Å². The molecule has 0 spiro atoms. The number of halogens is 3. The number of pyridine rings is 1. The van der Waals surface area contributed by atoms with E-state index in [1.807, 2.05) is 0 Å². The molecule has 1 radical (unpaired) electrons. The van der Waals surface area contributed by atoms with E-state index in [0.29, 0.717) is 24.6 Å². The number of carbonyl (C=O) groups is 1. The summed E-state index contributed by atoms with van der Waals surface area (Å²) >= 11 is 0.648. The molecule has 2 aromatic heterocycles. The molecule has 3 rings (SSSR count). The van der Waals surface area contributed by atoms with Gasteiger partial charge >= 0.3 is 6.18 Å². The number of aromatic nitrogens is 2. The summed E-state index contributed by atoms with van der Waals surface area (Å²) in [5.74, 6) is -0.302. The van der Waals surface area contributed by atoms with Crippen molar-refractivity contribution >= 4 is 33.5 Å². The van der Waals surface area contributed by atoms with Crippen LogP contribution in [0, 0.1) is 6.42 Å². The zero-order chi connectivity index (χ0) is 16.6. The molecule has 0 aromatic carbocycles. The highest BCUT2D eigenvalue weighted by Crippen LogP contribution is 2.39. The minimum absolute atomic E-state index is 0.00808. The van der Waals surface area contributed by atoms with Crippen LogP contribution in [0.5, 0.6) is 0 Å². The molecule has 0 aliphatic carbocycles. The molecule has 0 unspecified atom stereocenters. The van der Waals surface area contributed by atoms with Crippen LogP contribution in [-0.2, 0) is 6.18 Å². The van der Waals surface area contributed by atoms with Crippen LogP contribution in [-0.4, -0.2) is 35.4 Å². The smallest absolute Gasteiger partial charge is 0.357 e. The monoisotopic (exact) mass is 343 g/mol. The largest absolute Gasteiger partial charge is 0.418 e. The lowest BCUT2D eigenvalue weighted by atomic mass is 10.1. The Kier molecular flexibility index (Phi) is 4.13. The Morgan fingerprint density at radius 1 is 1.35 bits per heavy atom. The third-order valence-electron chi connectivity index (χ3n) is 3.69. The number of piperidine rings is 1. The summed E-state index contributed by atoms with van der Waals surface area (Å²) in [6.07, 6.45) is -0.831. The summed E-state index contributed by atoms with van der Waals surface area (Å²) in [6.45, 7) is 1.23. The van der Waals surface area contributed by atoms with Crippen molar-refractivity contribution in [3.8, 4) is 0 Å². The van der Waals surface area contributed by atoms with Crippen molar-refractivity contribution in [1.29, 1.82) is 0 Å². The molecular formula is C14H14F3N4OS. The van der Waals surface area contributed by atoms with Crippen LogP contribution in [0.1, 0.15) is 28.9 Å². The maximum atomic E-state index is 13.4. The van der Waals surface area contributed by atoms with Gasteiger partial charge in [0.15, 0.2) is 5.69 Å². The molecule has 1 saturated heterocycles. The molecule has 1 N–H and O–H groups in total. The Morgan fingerprint density at radius 3 is 2.65 bits per heavy atom. The number of anilines is 1. The Morgan fingerprint density at radius 2 is 2.04 bits per heavy atom. The molecule has 23 heavy (non-hydrogen) atoms. The predicted octanol–water partition coefficient (Wildman–Crippen LogP) is 2.87. The number of nitrogens with one attached hydrogen (secondary N) is 1. The molecule has 0 bridgehead atoms. The van der Waals surface area contributed by atoms with Gasteiger partial charge in [-0.3, -0.25) is 4.79 Å². The fourth-order valence-corrected chi connectivity index (χ4v) is 3.38. The molecule has 1 fully saturated rings. The third kappa shape index (κ3) is 2.97. The van der Waals surface area contributed by atoms with Crippen LogP contribution in [0.4, 0.5) is 19.0 Å². The summed E-state index contributed by atoms with van der Waals surface area (Å²) in [5, 5.41) is 2.38. The number of alkyl halides is 3. The lowest BCUT2D eigenvalue weighted by Gasteiger charge is -2.28. The molecule has 0 saturated carbocycles. The van der Waals surface area contributed by atoms with E-state index < -0.39 is 17.6 Å². The van der Waals surface area contributed by atoms with Gasteiger partial charge < -0.3 is 10.2 Å². The fourth-order valence-electron chi connectivity index (χ4n) is 2.53. The second-order valence-electron chi connectivity index (χ2n) is 5.17. The highest BCUT2D eigenvalue weighted by atomic mass is 32.1. The van der Waals surface area contributed by atoms with Crippen LogP contribution in [0.25, 0.3) is 10.2 Å². The first-order valence-corrected chi connectivity index (χ1v) is 7.85. The van der Waals surface area contributed by atoms with Crippen LogP contribution < -0.4 is 10.2 Å². The summed E-state index contributed by atoms with van der Waals surface area (Å²) < 4.78 is 43.9. The molecule has 2 aromatic rings. The van der Waals surface area contributed by atoms with Crippen LogP contribution in [0.15, 0.2) is 6.07 Å². The van der Waals surface area contributed by atoms with Crippen molar-refractivity contribution in [2.75, 3.05) is 25.0 Å². The van der Waals surface area contributed by atoms with E-state index in [1.54, 1.807) is 4.90 Å². The van der Waals surface area contributed by atoms with E-state index in [1.165, 1.54) is 7.05 Å². The van der Waals surface area contributed by atoms with Crippen LogP contribution in [0.2, 0.25) is 0 Å². The van der Waals surface area contributed by atoms with Gasteiger partial charge in [-0.25, -0.2) is 4.98 Å². The Hall–Kier alpha value is -1.90. The quantitative estimate of drug-likeness (QED) is 0.911. The van der Waals surface area contributed by atoms with E-state index in [-0.39, 0.29) is 21.7 Å². The number of amides is 1. The van der Waals surface area contributed by atoms with Crippen molar-refractivity contribution in [2.24, 2.45) is 0 Å². The molecule has 3 heterocycles. The van der Waals surface area contributed by atoms with Gasteiger partial charge in [-0.05, 0) is 36.9 Å². The van der Waals surface area contributed by atoms with E-state index in [2.05, 4.69) is 21.1 Å². The van der Waals surface area contributed by atoms with E-state index in [0.717, 1.165) is 18.9 Å². The summed E-state index contributed by atoms with van der Waals surface area (Å²) in [6, 6.07) is 1.06. The third-order valence-corrected chi connectivity index (χ3v) is 4.56. The highest BCUT2D eigenvalue weighted by molar-refractivity contribution is 7.13. The normalized spacial score (nSPS) is 15.9. The molecule has 5 nitrogen and oxygen atoms in total. The number of nitrogens with zero attached hydrogens (tertiary/aromatic N) is 3. The van der Waals surface area contributed by atoms with Crippen LogP contribution in [0.3, 0.4) is 0 Å². The van der Waals surface area contributed by atoms with Crippen molar-refractivity contribution in [3.05, 3.63) is 23.7 Å². The van der Waals surface area contributed by atoms with Gasteiger partial charge in [0.1, 0.15) is 11.3 Å². The SMILES string of the molecule is CNC(=O)c1nsc2c(C(F)(F)F)cc(N3CC[CH]CC3)nc12. The Bertz CT molecular complexity index is 737. The topological polar surface area (TPSA) is 58.1 Å². The summed E-state index contributed by atoms with van der Waals surface area (Å²) in [5.41, 5.74) is -0.850. The van der Waals surface area contributed by atoms with Gasteiger partial charge in [-0.1, -0.05) is 0 Å². The molecular weight excluding hydrogens is 329 g/mol. The van der Waals surface area contributed by atoms with E-state index in [9.17, 15) is 18.0 Å². The predicted molar refractivity (Wildman–Crippen MR) is 81.6 cm³/mol. The first kappa shape index (κ1) is 16.0. The zero-order valence-corrected chi connectivity index (χ0v) is 13.1. The summed E-state index contributed by atoms with van der Waals surface area (Å²) in [7, 11) is 1.41. The Balaban J connectivity index is 2.19. The molecule has 123 valence electrons. The first-order chi connectivity index (χ1) is 10.9. The number of fused-ring (bicyclic) bond motifs is 1. The first-order valence-electron chi connectivity index (χ1n) is 7.08. The Labute approximate surface area is 134 Å². The fraction of sp³-hybridized carbons (Fsp3) is 0.429. The highest BCUT2D eigenvalue weighted by Gasteiger charge is 2.36. The van der Waals surface area contributed by atoms with Crippen molar-refractivity contribution in [1.82, 2.24) is 14.7 Å². The number of hydrogen-bond acceptors (Lipinski definition) is 5. The molecule has 0 atom stereocenters. The van der Waals surface area contributed by atoms with Crippen molar-refractivity contribution < 1.29 is 18.0 Å². The second-order valence-corrected chi connectivity index (χ2v) is 5.94. The maximum Gasteiger partial charge on any atom is 0.418 e. The van der Waals surface area contributed by atoms with Gasteiger partial charge in [0.2, 0.25) is 0 Å². The maximum absolute atomic E-state index is 13.4. The van der Waals surface area contributed by atoms with Gasteiger partial charge in [0, 0.05) is 20.1 Å². The standard InChI is InChI=1S/C14H14F3N4OS/c1-18-13(22)11-10-12(23-20-11)8(14(15,16)17)7-9(19-10)21-5-3-2-4-6-21/h2,7H,3-6H2,1H3,(H,18,22). The zero-order valence-electron chi connectivity index (χ0n) is 12.3. The van der Waals surface area contributed by atoms with Gasteiger partial charge in [0.05, 0.1) is 10.3 Å². The minimum atomic E-state index is -4.52. The molecule has 1 aliphatic rings. The lowest BCUT2D eigenvalue weighted by Crippen LogP contribution is -2.30.